The highest BCUT2D eigenvalue weighted by molar-refractivity contribution is 5.90. The van der Waals surface area contributed by atoms with E-state index in [0.717, 1.165) is 11.8 Å². The molecule has 0 N–H and O–H groups in total. The number of carbonyl (C=O) groups is 2. The number of methoxy groups -OCH3 is 1. The van der Waals surface area contributed by atoms with Gasteiger partial charge in [0.1, 0.15) is 12.2 Å². The van der Waals surface area contributed by atoms with Gasteiger partial charge in [-0.1, -0.05) is 0 Å². The molecule has 8 heteroatoms. The van der Waals surface area contributed by atoms with Gasteiger partial charge < -0.3 is 9.47 Å². The third kappa shape index (κ3) is 1.92. The zero-order valence-corrected chi connectivity index (χ0v) is 11.6. The van der Waals surface area contributed by atoms with E-state index in [4.69, 9.17) is 4.74 Å². The van der Waals surface area contributed by atoms with Crippen molar-refractivity contribution < 1.29 is 27.8 Å². The molecule has 0 aromatic carbocycles. The van der Waals surface area contributed by atoms with E-state index < -0.39 is 30.3 Å². The maximum Gasteiger partial charge on any atom is 0.359 e. The van der Waals surface area contributed by atoms with E-state index in [1.807, 2.05) is 0 Å². The first-order valence-electron chi connectivity index (χ1n) is 6.64. The minimum absolute atomic E-state index is 0.111. The topological polar surface area (TPSA) is 70.4 Å². The normalized spacial score (nSPS) is 24.2. The Labute approximate surface area is 119 Å². The average Bonchev–Trinajstić information content (AvgIpc) is 3.09. The first-order valence-corrected chi connectivity index (χ1v) is 6.64. The van der Waals surface area contributed by atoms with Crippen LogP contribution >= 0.6 is 0 Å². The summed E-state index contributed by atoms with van der Waals surface area (Å²) in [7, 11) is 1.16. The van der Waals surface area contributed by atoms with Crippen molar-refractivity contribution in [3.8, 4) is 0 Å². The first-order chi connectivity index (χ1) is 9.91. The fourth-order valence-corrected chi connectivity index (χ4v) is 2.92. The Morgan fingerprint density at radius 3 is 2.81 bits per heavy atom. The lowest BCUT2D eigenvalue weighted by Crippen LogP contribution is -2.23. The number of carbonyl (C=O) groups excluding carboxylic acids is 2. The van der Waals surface area contributed by atoms with Gasteiger partial charge in [-0.15, -0.1) is 0 Å². The number of fused-ring (bicyclic) bond motifs is 3. The van der Waals surface area contributed by atoms with Crippen molar-refractivity contribution >= 4 is 11.9 Å². The van der Waals surface area contributed by atoms with Gasteiger partial charge in [0.25, 0.3) is 5.92 Å². The molecule has 0 aliphatic heterocycles. The SMILES string of the molecule is CCOC(=O)c1nn(CC(=O)OC)c2c1[C@H]1C[C@H]1C2(F)F. The van der Waals surface area contributed by atoms with Crippen LogP contribution in [-0.4, -0.2) is 35.4 Å². The number of esters is 2. The molecule has 0 amide bonds. The van der Waals surface area contributed by atoms with E-state index in [2.05, 4.69) is 9.84 Å². The molecule has 0 radical (unpaired) electrons. The predicted molar refractivity (Wildman–Crippen MR) is 64.9 cm³/mol. The van der Waals surface area contributed by atoms with Crippen LogP contribution in [0.1, 0.15) is 41.0 Å². The summed E-state index contributed by atoms with van der Waals surface area (Å²) in [5.74, 6) is -5.69. The number of rotatable bonds is 4. The second kappa shape index (κ2) is 4.51. The first kappa shape index (κ1) is 14.0. The standard InChI is InChI=1S/C13H14F2N2O4/c1-3-21-12(19)10-9-6-4-7(6)13(14,15)11(9)17(16-10)5-8(18)20-2/h6-7H,3-5H2,1-2H3/t6-,7+/m0/s1. The van der Waals surface area contributed by atoms with Crippen molar-refractivity contribution in [1.29, 1.82) is 0 Å². The van der Waals surface area contributed by atoms with Crippen LogP contribution in [0.4, 0.5) is 8.78 Å². The molecule has 0 bridgehead atoms. The molecule has 3 rings (SSSR count). The van der Waals surface area contributed by atoms with Crippen molar-refractivity contribution in [3.05, 3.63) is 17.0 Å². The molecule has 1 aromatic heterocycles. The highest BCUT2D eigenvalue weighted by Gasteiger charge is 2.67. The van der Waals surface area contributed by atoms with Gasteiger partial charge >= 0.3 is 11.9 Å². The quantitative estimate of drug-likeness (QED) is 0.787. The van der Waals surface area contributed by atoms with Crippen molar-refractivity contribution in [2.75, 3.05) is 13.7 Å². The number of aromatic nitrogens is 2. The molecule has 0 saturated heterocycles. The highest BCUT2D eigenvalue weighted by Crippen LogP contribution is 2.67. The van der Waals surface area contributed by atoms with Crippen LogP contribution in [-0.2, 0) is 26.7 Å². The van der Waals surface area contributed by atoms with E-state index in [1.165, 1.54) is 0 Å². The summed E-state index contributed by atoms with van der Waals surface area (Å²) in [5, 5.41) is 3.87. The Morgan fingerprint density at radius 1 is 1.48 bits per heavy atom. The predicted octanol–water partition coefficient (Wildman–Crippen LogP) is 1.44. The maximum absolute atomic E-state index is 14.3. The molecule has 114 valence electrons. The van der Waals surface area contributed by atoms with Crippen LogP contribution in [0.3, 0.4) is 0 Å². The molecule has 1 saturated carbocycles. The van der Waals surface area contributed by atoms with Crippen molar-refractivity contribution in [3.63, 3.8) is 0 Å². The minimum atomic E-state index is -3.08. The van der Waals surface area contributed by atoms with Crippen molar-refractivity contribution in [2.45, 2.75) is 31.7 Å². The molecule has 2 aliphatic rings. The van der Waals surface area contributed by atoms with E-state index in [0.29, 0.717) is 6.42 Å². The largest absolute Gasteiger partial charge is 0.468 e. The Morgan fingerprint density at radius 2 is 2.19 bits per heavy atom. The van der Waals surface area contributed by atoms with Crippen LogP contribution in [0, 0.1) is 5.92 Å². The second-order valence-electron chi connectivity index (χ2n) is 5.14. The van der Waals surface area contributed by atoms with Crippen molar-refractivity contribution in [1.82, 2.24) is 9.78 Å². The molecule has 1 aromatic rings. The van der Waals surface area contributed by atoms with E-state index >= 15 is 0 Å². The summed E-state index contributed by atoms with van der Waals surface area (Å²) in [6, 6.07) is 0. The van der Waals surface area contributed by atoms with E-state index in [-0.39, 0.29) is 29.5 Å². The molecule has 0 spiro atoms. The van der Waals surface area contributed by atoms with Gasteiger partial charge in [0.2, 0.25) is 0 Å². The van der Waals surface area contributed by atoms with Gasteiger partial charge in [0.15, 0.2) is 5.69 Å². The number of alkyl halides is 2. The van der Waals surface area contributed by atoms with Crippen LogP contribution in [0.2, 0.25) is 0 Å². The van der Waals surface area contributed by atoms with Crippen LogP contribution in [0.5, 0.6) is 0 Å². The number of nitrogens with zero attached hydrogens (tertiary/aromatic N) is 2. The molecule has 6 nitrogen and oxygen atoms in total. The summed E-state index contributed by atoms with van der Waals surface area (Å²) in [4.78, 5) is 23.2. The summed E-state index contributed by atoms with van der Waals surface area (Å²) >= 11 is 0. The van der Waals surface area contributed by atoms with Gasteiger partial charge in [0, 0.05) is 11.5 Å². The summed E-state index contributed by atoms with van der Waals surface area (Å²) in [5.41, 5.74) is -0.231. The zero-order chi connectivity index (χ0) is 15.4. The van der Waals surface area contributed by atoms with Gasteiger partial charge in [-0.25, -0.2) is 4.79 Å². The van der Waals surface area contributed by atoms with Crippen LogP contribution in [0.25, 0.3) is 0 Å². The molecule has 1 fully saturated rings. The van der Waals surface area contributed by atoms with Gasteiger partial charge in [-0.05, 0) is 19.3 Å². The zero-order valence-electron chi connectivity index (χ0n) is 11.6. The summed E-state index contributed by atoms with van der Waals surface area (Å²) in [6.45, 7) is 1.30. The van der Waals surface area contributed by atoms with Crippen molar-refractivity contribution in [2.24, 2.45) is 5.92 Å². The number of ether oxygens (including phenoxy) is 2. The number of halogens is 2. The minimum Gasteiger partial charge on any atom is -0.468 e. The van der Waals surface area contributed by atoms with Crippen LogP contribution < -0.4 is 0 Å². The monoisotopic (exact) mass is 300 g/mol. The number of hydrogen-bond acceptors (Lipinski definition) is 5. The molecule has 0 unspecified atom stereocenters. The van der Waals surface area contributed by atoms with E-state index in [1.54, 1.807) is 6.92 Å². The second-order valence-corrected chi connectivity index (χ2v) is 5.14. The lowest BCUT2D eigenvalue weighted by molar-refractivity contribution is -0.141. The Hall–Kier alpha value is -1.99. The molecule has 2 atom stereocenters. The smallest absolute Gasteiger partial charge is 0.359 e. The average molecular weight is 300 g/mol. The fraction of sp³-hybridized carbons (Fsp3) is 0.615. The Bertz CT molecular complexity index is 626. The van der Waals surface area contributed by atoms with Crippen LogP contribution in [0.15, 0.2) is 0 Å². The number of hydrogen-bond donors (Lipinski definition) is 0. The van der Waals surface area contributed by atoms with Gasteiger partial charge in [0.05, 0.1) is 13.7 Å². The molecule has 1 heterocycles. The van der Waals surface area contributed by atoms with Gasteiger partial charge in [-0.2, -0.15) is 13.9 Å². The fourth-order valence-electron chi connectivity index (χ4n) is 2.92. The van der Waals surface area contributed by atoms with E-state index in [9.17, 15) is 18.4 Å². The molecular weight excluding hydrogens is 286 g/mol. The summed E-state index contributed by atoms with van der Waals surface area (Å²) < 4.78 is 38.8. The third-order valence-electron chi connectivity index (χ3n) is 3.91. The third-order valence-corrected chi connectivity index (χ3v) is 3.91. The Kier molecular flexibility index (Phi) is 3.00. The lowest BCUT2D eigenvalue weighted by Gasteiger charge is -2.14. The van der Waals surface area contributed by atoms with Gasteiger partial charge in [-0.3, -0.25) is 9.48 Å². The maximum atomic E-state index is 14.3. The summed E-state index contributed by atoms with van der Waals surface area (Å²) in [6.07, 6.45) is 0.330. The highest BCUT2D eigenvalue weighted by atomic mass is 19.3. The molecule has 2 aliphatic carbocycles. The molecular formula is C13H14F2N2O4. The molecule has 21 heavy (non-hydrogen) atoms. The lowest BCUT2D eigenvalue weighted by atomic mass is 10.1. The Balaban J connectivity index is 2.07.